The molecule has 2 amide bonds. The molecule has 0 atom stereocenters. The number of hydrogen-bond donors (Lipinski definition) is 1. The van der Waals surface area contributed by atoms with Gasteiger partial charge in [0.05, 0.1) is 0 Å². The summed E-state index contributed by atoms with van der Waals surface area (Å²) in [5.74, 6) is 1.20. The first kappa shape index (κ1) is 19.3. The van der Waals surface area contributed by atoms with E-state index in [1.165, 1.54) is 0 Å². The van der Waals surface area contributed by atoms with Crippen LogP contribution in [0.3, 0.4) is 0 Å². The zero-order valence-electron chi connectivity index (χ0n) is 15.6. The van der Waals surface area contributed by atoms with Crippen LogP contribution >= 0.6 is 0 Å². The smallest absolute Gasteiger partial charge is 0.321 e. The predicted octanol–water partition coefficient (Wildman–Crippen LogP) is 4.68. The molecule has 1 rings (SSSR count). The Bertz CT molecular complexity index is 454. The zero-order valence-corrected chi connectivity index (χ0v) is 15.6. The Hall–Kier alpha value is -1.71. The summed E-state index contributed by atoms with van der Waals surface area (Å²) in [6, 6.07) is 7.95. The van der Waals surface area contributed by atoms with Gasteiger partial charge in [-0.25, -0.2) is 4.79 Å². The van der Waals surface area contributed by atoms with Crippen molar-refractivity contribution in [3.63, 3.8) is 0 Å². The number of anilines is 2. The maximum Gasteiger partial charge on any atom is 0.321 e. The number of amides is 2. The van der Waals surface area contributed by atoms with Crippen LogP contribution in [0.5, 0.6) is 0 Å². The van der Waals surface area contributed by atoms with Crippen LogP contribution in [0.1, 0.15) is 40.5 Å². The Morgan fingerprint density at radius 3 is 1.83 bits per heavy atom. The lowest BCUT2D eigenvalue weighted by Gasteiger charge is -2.25. The molecule has 0 aliphatic heterocycles. The largest absolute Gasteiger partial charge is 0.378 e. The van der Waals surface area contributed by atoms with Gasteiger partial charge in [0.1, 0.15) is 0 Å². The van der Waals surface area contributed by atoms with Crippen molar-refractivity contribution >= 4 is 17.4 Å². The molecule has 0 fully saturated rings. The van der Waals surface area contributed by atoms with Gasteiger partial charge in [-0.2, -0.15) is 0 Å². The third kappa shape index (κ3) is 7.40. The normalized spacial score (nSPS) is 11.0. The number of carbonyl (C=O) groups excluding carboxylic acids is 1. The topological polar surface area (TPSA) is 35.6 Å². The summed E-state index contributed by atoms with van der Waals surface area (Å²) < 4.78 is 0. The molecule has 0 bridgehead atoms. The third-order valence-corrected chi connectivity index (χ3v) is 3.87. The van der Waals surface area contributed by atoms with Crippen molar-refractivity contribution in [3.8, 4) is 0 Å². The molecule has 0 aromatic heterocycles. The summed E-state index contributed by atoms with van der Waals surface area (Å²) in [5.41, 5.74) is 1.97. The van der Waals surface area contributed by atoms with Crippen LogP contribution in [-0.4, -0.2) is 38.1 Å². The lowest BCUT2D eigenvalue weighted by Crippen LogP contribution is -2.37. The molecule has 0 unspecified atom stereocenters. The van der Waals surface area contributed by atoms with Gasteiger partial charge in [-0.15, -0.1) is 0 Å². The van der Waals surface area contributed by atoms with E-state index in [-0.39, 0.29) is 6.03 Å². The zero-order chi connectivity index (χ0) is 17.4. The van der Waals surface area contributed by atoms with E-state index in [1.54, 1.807) is 0 Å². The van der Waals surface area contributed by atoms with Crippen LogP contribution in [0.4, 0.5) is 16.2 Å². The van der Waals surface area contributed by atoms with Gasteiger partial charge in [-0.1, -0.05) is 27.7 Å². The highest BCUT2D eigenvalue weighted by molar-refractivity contribution is 5.89. The molecular formula is C19H33N3O. The van der Waals surface area contributed by atoms with E-state index in [1.807, 2.05) is 48.2 Å². The van der Waals surface area contributed by atoms with Crippen LogP contribution in [0.2, 0.25) is 0 Å². The number of rotatable bonds is 8. The second kappa shape index (κ2) is 9.43. The first-order valence-electron chi connectivity index (χ1n) is 8.63. The van der Waals surface area contributed by atoms with Crippen molar-refractivity contribution in [1.29, 1.82) is 0 Å². The van der Waals surface area contributed by atoms with Crippen molar-refractivity contribution < 1.29 is 4.79 Å². The molecule has 0 aliphatic rings. The lowest BCUT2D eigenvalue weighted by atomic mass is 10.1. The quantitative estimate of drug-likeness (QED) is 0.755. The van der Waals surface area contributed by atoms with Crippen LogP contribution < -0.4 is 10.2 Å². The van der Waals surface area contributed by atoms with Gasteiger partial charge >= 0.3 is 6.03 Å². The summed E-state index contributed by atoms with van der Waals surface area (Å²) >= 11 is 0. The summed E-state index contributed by atoms with van der Waals surface area (Å²) in [4.78, 5) is 16.6. The number of benzene rings is 1. The van der Waals surface area contributed by atoms with Gasteiger partial charge in [-0.3, -0.25) is 0 Å². The van der Waals surface area contributed by atoms with Gasteiger partial charge in [0.15, 0.2) is 0 Å². The fourth-order valence-electron chi connectivity index (χ4n) is 2.19. The van der Waals surface area contributed by atoms with Crippen molar-refractivity contribution in [2.24, 2.45) is 11.8 Å². The molecule has 1 aromatic rings. The average Bonchev–Trinajstić information content (AvgIpc) is 2.47. The first-order chi connectivity index (χ1) is 10.8. The van der Waals surface area contributed by atoms with E-state index >= 15 is 0 Å². The molecule has 0 saturated carbocycles. The molecule has 0 saturated heterocycles. The molecule has 0 aliphatic carbocycles. The highest BCUT2D eigenvalue weighted by Crippen LogP contribution is 2.16. The summed E-state index contributed by atoms with van der Waals surface area (Å²) in [6.45, 7) is 10.4. The monoisotopic (exact) mass is 319 g/mol. The number of urea groups is 1. The number of nitrogens with one attached hydrogen (secondary N) is 1. The SMILES string of the molecule is CC(C)CCN(CCC(C)C)C(=O)Nc1ccc(N(C)C)cc1. The molecule has 0 heterocycles. The molecule has 1 N–H and O–H groups in total. The highest BCUT2D eigenvalue weighted by Gasteiger charge is 2.14. The predicted molar refractivity (Wildman–Crippen MR) is 100 cm³/mol. The van der Waals surface area contributed by atoms with Gasteiger partial charge in [-0.05, 0) is 48.9 Å². The van der Waals surface area contributed by atoms with Crippen molar-refractivity contribution in [2.75, 3.05) is 37.4 Å². The van der Waals surface area contributed by atoms with Crippen LogP contribution in [0.15, 0.2) is 24.3 Å². The molecule has 4 nitrogen and oxygen atoms in total. The fraction of sp³-hybridized carbons (Fsp3) is 0.632. The molecular weight excluding hydrogens is 286 g/mol. The summed E-state index contributed by atoms with van der Waals surface area (Å²) in [6.07, 6.45) is 2.07. The van der Waals surface area contributed by atoms with E-state index < -0.39 is 0 Å². The molecule has 1 aromatic carbocycles. The van der Waals surface area contributed by atoms with Gasteiger partial charge in [0.25, 0.3) is 0 Å². The van der Waals surface area contributed by atoms with Crippen molar-refractivity contribution in [2.45, 2.75) is 40.5 Å². The molecule has 0 radical (unpaired) electrons. The van der Waals surface area contributed by atoms with E-state index in [9.17, 15) is 4.79 Å². The highest BCUT2D eigenvalue weighted by atomic mass is 16.2. The van der Waals surface area contributed by atoms with Gasteiger partial charge < -0.3 is 15.1 Å². The fourth-order valence-corrected chi connectivity index (χ4v) is 2.19. The lowest BCUT2D eigenvalue weighted by molar-refractivity contribution is 0.205. The third-order valence-electron chi connectivity index (χ3n) is 3.87. The van der Waals surface area contributed by atoms with Crippen LogP contribution in [-0.2, 0) is 0 Å². The standard InChI is InChI=1S/C19H33N3O/c1-15(2)11-13-22(14-12-16(3)4)19(23)20-17-7-9-18(10-8-17)21(5)6/h7-10,15-16H,11-14H2,1-6H3,(H,20,23). The Kier molecular flexibility index (Phi) is 7.93. The summed E-state index contributed by atoms with van der Waals surface area (Å²) in [7, 11) is 4.01. The Labute approximate surface area is 141 Å². The maximum atomic E-state index is 12.6. The molecule has 0 spiro atoms. The number of nitrogens with zero attached hydrogens (tertiary/aromatic N) is 2. The second-order valence-corrected chi connectivity index (χ2v) is 7.22. The number of carbonyl (C=O) groups is 1. The van der Waals surface area contributed by atoms with E-state index in [0.717, 1.165) is 37.3 Å². The van der Waals surface area contributed by atoms with E-state index in [0.29, 0.717) is 11.8 Å². The van der Waals surface area contributed by atoms with Crippen LogP contribution in [0.25, 0.3) is 0 Å². The molecule has 23 heavy (non-hydrogen) atoms. The average molecular weight is 319 g/mol. The first-order valence-corrected chi connectivity index (χ1v) is 8.63. The van der Waals surface area contributed by atoms with Gasteiger partial charge in [0.2, 0.25) is 0 Å². The molecule has 130 valence electrons. The van der Waals surface area contributed by atoms with E-state index in [2.05, 4.69) is 33.0 Å². The Morgan fingerprint density at radius 1 is 0.957 bits per heavy atom. The minimum absolute atomic E-state index is 0.00361. The van der Waals surface area contributed by atoms with Crippen molar-refractivity contribution in [3.05, 3.63) is 24.3 Å². The van der Waals surface area contributed by atoms with Gasteiger partial charge in [0, 0.05) is 38.6 Å². The van der Waals surface area contributed by atoms with Crippen LogP contribution in [0, 0.1) is 11.8 Å². The van der Waals surface area contributed by atoms with E-state index in [4.69, 9.17) is 0 Å². The summed E-state index contributed by atoms with van der Waals surface area (Å²) in [5, 5.41) is 3.02. The Balaban J connectivity index is 2.66. The van der Waals surface area contributed by atoms with Crippen molar-refractivity contribution in [1.82, 2.24) is 4.90 Å². The minimum atomic E-state index is 0.00361. The number of hydrogen-bond acceptors (Lipinski definition) is 2. The second-order valence-electron chi connectivity index (χ2n) is 7.22. The molecule has 4 heteroatoms. The minimum Gasteiger partial charge on any atom is -0.378 e. The maximum absolute atomic E-state index is 12.6. The Morgan fingerprint density at radius 2 is 1.43 bits per heavy atom.